The molecule has 0 fully saturated rings. The summed E-state index contributed by atoms with van der Waals surface area (Å²) in [5, 5.41) is 0. The minimum atomic E-state index is -0.319. The predicted molar refractivity (Wildman–Crippen MR) is 74.3 cm³/mol. The normalized spacial score (nSPS) is 19.3. The number of rotatable bonds is 3. The van der Waals surface area contributed by atoms with Crippen molar-refractivity contribution in [1.82, 2.24) is 0 Å². The number of hydrogen-bond acceptors (Lipinski definition) is 5. The summed E-state index contributed by atoms with van der Waals surface area (Å²) in [5.41, 5.74) is 0.0332. The molecule has 0 N–H and O–H groups in total. The van der Waals surface area contributed by atoms with E-state index in [1.165, 1.54) is 18.9 Å². The van der Waals surface area contributed by atoms with Crippen LogP contribution in [0.5, 0.6) is 0 Å². The van der Waals surface area contributed by atoms with Crippen LogP contribution in [0.4, 0.5) is 0 Å². The van der Waals surface area contributed by atoms with E-state index in [0.717, 1.165) is 10.6 Å². The number of esters is 1. The predicted octanol–water partition coefficient (Wildman–Crippen LogP) is 3.27. The Morgan fingerprint density at radius 2 is 2.17 bits per heavy atom. The van der Waals surface area contributed by atoms with Gasteiger partial charge in [-0.05, 0) is 19.1 Å². The van der Waals surface area contributed by atoms with E-state index in [0.29, 0.717) is 10.7 Å². The zero-order valence-electron chi connectivity index (χ0n) is 10.2. The molecule has 0 radical (unpaired) electrons. The summed E-state index contributed by atoms with van der Waals surface area (Å²) in [5.74, 6) is 1.06. The number of thioether (sulfide) groups is 2. The van der Waals surface area contributed by atoms with E-state index in [1.54, 1.807) is 18.7 Å². The van der Waals surface area contributed by atoms with Crippen LogP contribution in [0.15, 0.2) is 45.9 Å². The zero-order chi connectivity index (χ0) is 13.0. The number of methoxy groups -OCH3 is 1. The molecule has 1 aromatic rings. The monoisotopic (exact) mass is 282 g/mol. The van der Waals surface area contributed by atoms with Gasteiger partial charge in [0.25, 0.3) is 0 Å². The van der Waals surface area contributed by atoms with Crippen LogP contribution >= 0.6 is 23.5 Å². The molecule has 1 heterocycles. The molecule has 3 nitrogen and oxygen atoms in total. The van der Waals surface area contributed by atoms with Crippen LogP contribution in [0.3, 0.4) is 0 Å². The molecule has 1 aromatic carbocycles. The van der Waals surface area contributed by atoms with Crippen molar-refractivity contribution in [2.45, 2.75) is 17.3 Å². The highest BCUT2D eigenvalue weighted by Gasteiger charge is 2.25. The first-order chi connectivity index (χ1) is 8.70. The van der Waals surface area contributed by atoms with E-state index < -0.39 is 0 Å². The molecule has 18 heavy (non-hydrogen) atoms. The summed E-state index contributed by atoms with van der Waals surface area (Å²) in [6.45, 7) is 1.80. The molecule has 0 aromatic heterocycles. The highest BCUT2D eigenvalue weighted by atomic mass is 32.2. The summed E-state index contributed by atoms with van der Waals surface area (Å²) in [4.78, 5) is 13.2. The van der Waals surface area contributed by atoms with Gasteiger partial charge in [0.1, 0.15) is 10.7 Å². The van der Waals surface area contributed by atoms with Crippen LogP contribution < -0.4 is 0 Å². The first-order valence-corrected chi connectivity index (χ1v) is 7.37. The number of ether oxygens (including phenoxy) is 2. The van der Waals surface area contributed by atoms with Gasteiger partial charge in [-0.3, -0.25) is 0 Å². The van der Waals surface area contributed by atoms with Gasteiger partial charge in [0.2, 0.25) is 0 Å². The van der Waals surface area contributed by atoms with Crippen LogP contribution in [0, 0.1) is 0 Å². The molecule has 96 valence electrons. The Balaban J connectivity index is 2.01. The van der Waals surface area contributed by atoms with Crippen LogP contribution in [0.25, 0.3) is 0 Å². The third-order valence-electron chi connectivity index (χ3n) is 2.37. The number of carbonyl (C=O) groups excluding carboxylic acids is 1. The summed E-state index contributed by atoms with van der Waals surface area (Å²) in [7, 11) is 1.38. The topological polar surface area (TPSA) is 35.5 Å². The van der Waals surface area contributed by atoms with Crippen LogP contribution in [0.1, 0.15) is 6.92 Å². The van der Waals surface area contributed by atoms with Gasteiger partial charge >= 0.3 is 5.97 Å². The van der Waals surface area contributed by atoms with Gasteiger partial charge in [0, 0.05) is 10.6 Å². The molecule has 1 aliphatic rings. The van der Waals surface area contributed by atoms with E-state index in [1.807, 2.05) is 30.3 Å². The third-order valence-corrected chi connectivity index (χ3v) is 4.87. The first kappa shape index (κ1) is 13.4. The molecule has 0 amide bonds. The zero-order valence-corrected chi connectivity index (χ0v) is 11.8. The Hall–Kier alpha value is -1.07. The minimum Gasteiger partial charge on any atom is -0.482 e. The van der Waals surface area contributed by atoms with E-state index >= 15 is 0 Å². The molecule has 1 atom stereocenters. The second kappa shape index (κ2) is 6.20. The lowest BCUT2D eigenvalue weighted by Crippen LogP contribution is -2.19. The standard InChI is InChI=1S/C13H14O3S2/c1-9-12(13(14)15-2)17-8-11(16-9)18-10-6-4-3-5-7-10/h3-7,11H,8H2,1-2H3. The fourth-order valence-electron chi connectivity index (χ4n) is 1.54. The average Bonchev–Trinajstić information content (AvgIpc) is 2.39. The van der Waals surface area contributed by atoms with E-state index in [4.69, 9.17) is 9.47 Å². The van der Waals surface area contributed by atoms with Gasteiger partial charge in [-0.25, -0.2) is 4.79 Å². The van der Waals surface area contributed by atoms with Gasteiger partial charge < -0.3 is 9.47 Å². The number of hydrogen-bond donors (Lipinski definition) is 0. The highest BCUT2D eigenvalue weighted by Crippen LogP contribution is 2.36. The fraction of sp³-hybridized carbons (Fsp3) is 0.308. The molecule has 1 unspecified atom stereocenters. The van der Waals surface area contributed by atoms with E-state index in [9.17, 15) is 4.79 Å². The summed E-state index contributed by atoms with van der Waals surface area (Å²) < 4.78 is 10.5. The maximum Gasteiger partial charge on any atom is 0.347 e. The molecular formula is C13H14O3S2. The summed E-state index contributed by atoms with van der Waals surface area (Å²) in [6.07, 6.45) is 0. The Morgan fingerprint density at radius 1 is 1.44 bits per heavy atom. The Kier molecular flexibility index (Phi) is 4.60. The molecule has 0 aliphatic carbocycles. The van der Waals surface area contributed by atoms with Crippen molar-refractivity contribution in [3.05, 3.63) is 41.0 Å². The molecule has 0 saturated heterocycles. The molecule has 2 rings (SSSR count). The van der Waals surface area contributed by atoms with Crippen LogP contribution in [-0.4, -0.2) is 24.3 Å². The summed E-state index contributed by atoms with van der Waals surface area (Å²) >= 11 is 3.15. The Morgan fingerprint density at radius 3 is 2.78 bits per heavy atom. The maximum atomic E-state index is 11.5. The van der Waals surface area contributed by atoms with Gasteiger partial charge in [-0.2, -0.15) is 0 Å². The Bertz CT molecular complexity index is 457. The minimum absolute atomic E-state index is 0.0332. The largest absolute Gasteiger partial charge is 0.482 e. The van der Waals surface area contributed by atoms with Gasteiger partial charge in [-0.15, -0.1) is 11.8 Å². The molecule has 0 spiro atoms. The van der Waals surface area contributed by atoms with Crippen molar-refractivity contribution in [1.29, 1.82) is 0 Å². The summed E-state index contributed by atoms with van der Waals surface area (Å²) in [6, 6.07) is 10.1. The molecule has 0 saturated carbocycles. The molecular weight excluding hydrogens is 268 g/mol. The van der Waals surface area contributed by atoms with Crippen molar-refractivity contribution < 1.29 is 14.3 Å². The van der Waals surface area contributed by atoms with Crippen molar-refractivity contribution in [3.8, 4) is 0 Å². The quantitative estimate of drug-likeness (QED) is 0.795. The highest BCUT2D eigenvalue weighted by molar-refractivity contribution is 8.06. The van der Waals surface area contributed by atoms with Gasteiger partial charge in [0.15, 0.2) is 5.44 Å². The number of allylic oxidation sites excluding steroid dienone is 1. The third kappa shape index (κ3) is 3.23. The lowest BCUT2D eigenvalue weighted by atomic mass is 10.4. The van der Waals surface area contributed by atoms with Crippen LogP contribution in [0.2, 0.25) is 0 Å². The van der Waals surface area contributed by atoms with Gasteiger partial charge in [-0.1, -0.05) is 30.0 Å². The fourth-order valence-corrected chi connectivity index (χ4v) is 3.65. The second-order valence-corrected chi connectivity index (χ2v) is 5.93. The second-order valence-electron chi connectivity index (χ2n) is 3.67. The van der Waals surface area contributed by atoms with E-state index in [-0.39, 0.29) is 11.4 Å². The van der Waals surface area contributed by atoms with Crippen molar-refractivity contribution in [2.24, 2.45) is 0 Å². The lowest BCUT2D eigenvalue weighted by molar-refractivity contribution is -0.135. The number of benzene rings is 1. The average molecular weight is 282 g/mol. The van der Waals surface area contributed by atoms with Crippen molar-refractivity contribution >= 4 is 29.5 Å². The number of carbonyl (C=O) groups is 1. The van der Waals surface area contributed by atoms with Gasteiger partial charge in [0.05, 0.1) is 7.11 Å². The smallest absolute Gasteiger partial charge is 0.347 e. The first-order valence-electron chi connectivity index (χ1n) is 5.51. The SMILES string of the molecule is COC(=O)C1=C(C)OC(Sc2ccccc2)CS1. The molecule has 0 bridgehead atoms. The van der Waals surface area contributed by atoms with Crippen molar-refractivity contribution in [3.63, 3.8) is 0 Å². The van der Waals surface area contributed by atoms with E-state index in [2.05, 4.69) is 0 Å². The maximum absolute atomic E-state index is 11.5. The van der Waals surface area contributed by atoms with Crippen molar-refractivity contribution in [2.75, 3.05) is 12.9 Å². The lowest BCUT2D eigenvalue weighted by Gasteiger charge is -2.25. The molecule has 5 heteroatoms. The van der Waals surface area contributed by atoms with Crippen LogP contribution in [-0.2, 0) is 14.3 Å². The Labute approximate surface area is 115 Å². The molecule has 1 aliphatic heterocycles.